The summed E-state index contributed by atoms with van der Waals surface area (Å²) in [7, 11) is -3.52. The van der Waals surface area contributed by atoms with E-state index in [1.54, 1.807) is 35.6 Å². The quantitative estimate of drug-likeness (QED) is 0.491. The molecule has 0 spiro atoms. The summed E-state index contributed by atoms with van der Waals surface area (Å²) in [4.78, 5) is 7.15. The van der Waals surface area contributed by atoms with Gasteiger partial charge in [-0.3, -0.25) is 0 Å². The molecule has 1 fully saturated rings. The molecule has 0 atom stereocenters. The number of rotatable bonds is 7. The van der Waals surface area contributed by atoms with Crippen LogP contribution >= 0.6 is 11.3 Å². The first-order valence-corrected chi connectivity index (χ1v) is 13.4. The highest BCUT2D eigenvalue weighted by atomic mass is 32.2. The molecule has 1 aromatic heterocycles. The number of anilines is 1. The van der Waals surface area contributed by atoms with Crippen molar-refractivity contribution in [2.45, 2.75) is 49.2 Å². The Labute approximate surface area is 194 Å². The maximum atomic E-state index is 13.1. The van der Waals surface area contributed by atoms with Gasteiger partial charge in [0.05, 0.1) is 21.4 Å². The Morgan fingerprint density at radius 3 is 2.47 bits per heavy atom. The van der Waals surface area contributed by atoms with Gasteiger partial charge in [-0.1, -0.05) is 49.7 Å². The van der Waals surface area contributed by atoms with Crippen LogP contribution in [-0.4, -0.2) is 31.7 Å². The summed E-state index contributed by atoms with van der Waals surface area (Å²) in [6.07, 6.45) is 4.14. The third-order valence-electron chi connectivity index (χ3n) is 5.95. The average Bonchev–Trinajstić information content (AvgIpc) is 3.29. The van der Waals surface area contributed by atoms with Crippen LogP contribution in [0.1, 0.15) is 48.6 Å². The van der Waals surface area contributed by atoms with Gasteiger partial charge in [-0.2, -0.15) is 5.26 Å². The molecule has 1 aliphatic heterocycles. The number of aryl methyl sites for hydroxylation is 1. The highest BCUT2D eigenvalue weighted by molar-refractivity contribution is 7.92. The number of aromatic nitrogens is 1. The molecule has 7 heteroatoms. The molecular formula is C25H27N3O2S2. The Bertz CT molecular complexity index is 1200. The van der Waals surface area contributed by atoms with Gasteiger partial charge in [-0.25, -0.2) is 13.4 Å². The third kappa shape index (κ3) is 4.87. The number of nitriles is 1. The molecule has 4 rings (SSSR count). The summed E-state index contributed by atoms with van der Waals surface area (Å²) in [5.41, 5.74) is 3.89. The molecule has 1 aliphatic rings. The minimum Gasteiger partial charge on any atom is -0.348 e. The molecule has 5 nitrogen and oxygen atoms in total. The van der Waals surface area contributed by atoms with Gasteiger partial charge in [0, 0.05) is 24.9 Å². The lowest BCUT2D eigenvalue weighted by Crippen LogP contribution is -2.39. The van der Waals surface area contributed by atoms with E-state index in [9.17, 15) is 13.7 Å². The van der Waals surface area contributed by atoms with Crippen LogP contribution in [0.2, 0.25) is 0 Å². The topological polar surface area (TPSA) is 74.1 Å². The number of hydrogen-bond donors (Lipinski definition) is 0. The van der Waals surface area contributed by atoms with Crippen LogP contribution in [0.4, 0.5) is 5.13 Å². The fourth-order valence-corrected chi connectivity index (χ4v) is 6.95. The summed E-state index contributed by atoms with van der Waals surface area (Å²) >= 11 is 1.62. The maximum absolute atomic E-state index is 13.1. The molecule has 0 aliphatic carbocycles. The fraction of sp³-hybridized carbons (Fsp3) is 0.360. The Kier molecular flexibility index (Phi) is 6.92. The summed E-state index contributed by atoms with van der Waals surface area (Å²) < 4.78 is 26.2. The van der Waals surface area contributed by atoms with Crippen molar-refractivity contribution in [1.82, 2.24) is 4.98 Å². The molecule has 0 radical (unpaired) electrons. The van der Waals surface area contributed by atoms with Crippen molar-refractivity contribution in [1.29, 1.82) is 5.26 Å². The predicted octanol–water partition coefficient (Wildman–Crippen LogP) is 5.00. The van der Waals surface area contributed by atoms with E-state index in [4.69, 9.17) is 4.98 Å². The zero-order valence-corrected chi connectivity index (χ0v) is 19.8. The van der Waals surface area contributed by atoms with E-state index in [1.165, 1.54) is 11.1 Å². The number of nitrogens with zero attached hydrogens (tertiary/aromatic N) is 3. The first kappa shape index (κ1) is 22.5. The molecular weight excluding hydrogens is 438 g/mol. The summed E-state index contributed by atoms with van der Waals surface area (Å²) in [6, 6.07) is 17.2. The summed E-state index contributed by atoms with van der Waals surface area (Å²) in [5.74, 6) is 0. The van der Waals surface area contributed by atoms with Crippen molar-refractivity contribution in [2.75, 3.05) is 18.0 Å². The van der Waals surface area contributed by atoms with E-state index in [0.29, 0.717) is 25.9 Å². The van der Waals surface area contributed by atoms with E-state index >= 15 is 0 Å². The van der Waals surface area contributed by atoms with Gasteiger partial charge in [0.15, 0.2) is 15.0 Å². The zero-order chi connectivity index (χ0) is 22.6. The fourth-order valence-electron chi connectivity index (χ4n) is 4.19. The molecule has 0 saturated carbocycles. The van der Waals surface area contributed by atoms with Crippen molar-refractivity contribution in [3.8, 4) is 6.07 Å². The second-order valence-corrected chi connectivity index (χ2v) is 11.2. The van der Waals surface area contributed by atoms with E-state index in [2.05, 4.69) is 41.5 Å². The predicted molar refractivity (Wildman–Crippen MR) is 129 cm³/mol. The first-order valence-electron chi connectivity index (χ1n) is 11.0. The molecule has 3 aromatic rings. The third-order valence-corrected chi connectivity index (χ3v) is 9.22. The lowest BCUT2D eigenvalue weighted by atomic mass is 10.1. The van der Waals surface area contributed by atoms with Gasteiger partial charge in [0.2, 0.25) is 0 Å². The Hall–Kier alpha value is -2.69. The second-order valence-electron chi connectivity index (χ2n) is 8.20. The van der Waals surface area contributed by atoms with Gasteiger partial charge >= 0.3 is 0 Å². The molecule has 0 unspecified atom stereocenters. The molecule has 0 N–H and O–H groups in total. The Morgan fingerprint density at radius 1 is 1.09 bits per heavy atom. The van der Waals surface area contributed by atoms with Crippen molar-refractivity contribution in [2.24, 2.45) is 0 Å². The van der Waals surface area contributed by atoms with Crippen LogP contribution in [-0.2, 0) is 22.7 Å². The van der Waals surface area contributed by atoms with E-state index in [1.807, 2.05) is 6.07 Å². The van der Waals surface area contributed by atoms with Crippen LogP contribution in [0.15, 0.2) is 58.8 Å². The first-order chi connectivity index (χ1) is 15.5. The lowest BCUT2D eigenvalue weighted by Gasteiger charge is -2.31. The maximum Gasteiger partial charge on any atom is 0.185 e. The monoisotopic (exact) mass is 465 g/mol. The highest BCUT2D eigenvalue weighted by Crippen LogP contribution is 2.30. The number of thiazole rings is 1. The highest BCUT2D eigenvalue weighted by Gasteiger charge is 2.33. The SMILES string of the molecule is CCCc1ccc(Cc2csc(N3CCC(S(=O)(=O)c4ccccc4C#N)CC3)n2)cc1. The second kappa shape index (κ2) is 9.85. The Morgan fingerprint density at radius 2 is 1.78 bits per heavy atom. The summed E-state index contributed by atoms with van der Waals surface area (Å²) in [6.45, 7) is 3.49. The van der Waals surface area contributed by atoms with Crippen LogP contribution in [0.3, 0.4) is 0 Å². The molecule has 2 aromatic carbocycles. The number of hydrogen-bond acceptors (Lipinski definition) is 6. The normalized spacial score (nSPS) is 14.9. The lowest BCUT2D eigenvalue weighted by molar-refractivity contribution is 0.529. The molecule has 0 amide bonds. The standard InChI is InChI=1S/C25H27N3O2S2/c1-2-5-19-8-10-20(11-9-19)16-22-18-31-25(27-22)28-14-12-23(13-15-28)32(29,30)24-7-4-3-6-21(24)17-26/h3-4,6-11,18,23H,2,5,12-16H2,1H3. The van der Waals surface area contributed by atoms with Crippen LogP contribution in [0.5, 0.6) is 0 Å². The van der Waals surface area contributed by atoms with Crippen molar-refractivity contribution in [3.63, 3.8) is 0 Å². The number of sulfone groups is 1. The van der Waals surface area contributed by atoms with Crippen molar-refractivity contribution >= 4 is 26.3 Å². The Balaban J connectivity index is 1.39. The van der Waals surface area contributed by atoms with E-state index in [0.717, 1.165) is 30.1 Å². The van der Waals surface area contributed by atoms with Crippen molar-refractivity contribution in [3.05, 3.63) is 76.3 Å². The van der Waals surface area contributed by atoms with Gasteiger partial charge < -0.3 is 4.90 Å². The van der Waals surface area contributed by atoms with Crippen LogP contribution < -0.4 is 4.90 Å². The number of benzene rings is 2. The smallest absolute Gasteiger partial charge is 0.185 e. The largest absolute Gasteiger partial charge is 0.348 e. The summed E-state index contributed by atoms with van der Waals surface area (Å²) in [5, 5.41) is 11.9. The van der Waals surface area contributed by atoms with E-state index in [-0.39, 0.29) is 10.5 Å². The van der Waals surface area contributed by atoms with Gasteiger partial charge in [-0.05, 0) is 42.5 Å². The van der Waals surface area contributed by atoms with Gasteiger partial charge in [-0.15, -0.1) is 11.3 Å². The molecule has 2 heterocycles. The van der Waals surface area contributed by atoms with Crippen LogP contribution in [0.25, 0.3) is 0 Å². The molecule has 0 bridgehead atoms. The minimum atomic E-state index is -3.52. The average molecular weight is 466 g/mol. The number of piperidine rings is 1. The van der Waals surface area contributed by atoms with Gasteiger partial charge in [0.25, 0.3) is 0 Å². The van der Waals surface area contributed by atoms with Crippen LogP contribution in [0, 0.1) is 11.3 Å². The minimum absolute atomic E-state index is 0.155. The van der Waals surface area contributed by atoms with E-state index < -0.39 is 15.1 Å². The van der Waals surface area contributed by atoms with Crippen molar-refractivity contribution < 1.29 is 8.42 Å². The zero-order valence-electron chi connectivity index (χ0n) is 18.2. The molecule has 1 saturated heterocycles. The van der Waals surface area contributed by atoms with Gasteiger partial charge in [0.1, 0.15) is 6.07 Å². The molecule has 32 heavy (non-hydrogen) atoms. The molecule has 166 valence electrons.